The number of likely N-dealkylation sites (N-methyl/N-ethyl adjacent to an activating group) is 1. The number of oxazole rings is 1. The van der Waals surface area contributed by atoms with Gasteiger partial charge in [-0.3, -0.25) is 4.79 Å². The molecule has 1 saturated heterocycles. The molecule has 1 aromatic carbocycles. The lowest BCUT2D eigenvalue weighted by Crippen LogP contribution is -2.38. The van der Waals surface area contributed by atoms with Gasteiger partial charge in [0.15, 0.2) is 11.7 Å². The number of nitrogens with one attached hydrogen (secondary N) is 1. The van der Waals surface area contributed by atoms with Crippen molar-refractivity contribution >= 4 is 21.8 Å². The normalized spacial score (nSPS) is 17.2. The molecule has 0 spiro atoms. The molecule has 0 unspecified atom stereocenters. The van der Waals surface area contributed by atoms with Gasteiger partial charge in [-0.2, -0.15) is 0 Å². The Hall–Kier alpha value is -1.66. The number of hydrogen-bond donors (Lipinski definition) is 1. The molecule has 0 radical (unpaired) electrons. The first-order valence-electron chi connectivity index (χ1n) is 8.23. The molecule has 1 fully saturated rings. The largest absolute Gasteiger partial charge is 0.440 e. The average molecular weight is 392 g/mol. The molecule has 1 aliphatic heterocycles. The van der Waals surface area contributed by atoms with Gasteiger partial charge in [0.05, 0.1) is 5.69 Å². The van der Waals surface area contributed by atoms with Gasteiger partial charge in [0.25, 0.3) is 0 Å². The van der Waals surface area contributed by atoms with Crippen LogP contribution in [0, 0.1) is 6.92 Å². The summed E-state index contributed by atoms with van der Waals surface area (Å²) in [4.78, 5) is 18.7. The number of nitrogens with zero attached hydrogens (tertiary/aromatic N) is 2. The molecule has 128 valence electrons. The second-order valence-corrected chi connectivity index (χ2v) is 7.10. The Morgan fingerprint density at radius 1 is 1.42 bits per heavy atom. The molecule has 6 heteroatoms. The maximum atomic E-state index is 12.3. The average Bonchev–Trinajstić information content (AvgIpc) is 3.22. The fourth-order valence-corrected chi connectivity index (χ4v) is 3.26. The molecule has 5 nitrogen and oxygen atoms in total. The molecular formula is C18H22BrN3O2. The molecule has 0 saturated carbocycles. The third-order valence-electron chi connectivity index (χ3n) is 4.48. The fraction of sp³-hybridized carbons (Fsp3) is 0.444. The van der Waals surface area contributed by atoms with Crippen LogP contribution < -0.4 is 5.32 Å². The van der Waals surface area contributed by atoms with Crippen molar-refractivity contribution in [1.82, 2.24) is 15.2 Å². The SMILES string of the molecule is Cc1nc(CCC(=O)N(C)[C@H]2CCNC2)oc1-c1ccc(Br)cc1. The summed E-state index contributed by atoms with van der Waals surface area (Å²) >= 11 is 3.43. The second-order valence-electron chi connectivity index (χ2n) is 6.18. The van der Waals surface area contributed by atoms with E-state index >= 15 is 0 Å². The maximum Gasteiger partial charge on any atom is 0.223 e. The fourth-order valence-electron chi connectivity index (χ4n) is 2.99. The summed E-state index contributed by atoms with van der Waals surface area (Å²) in [6.45, 7) is 3.80. The molecule has 2 heterocycles. The molecule has 3 rings (SSSR count). The van der Waals surface area contributed by atoms with Crippen LogP contribution >= 0.6 is 15.9 Å². The minimum Gasteiger partial charge on any atom is -0.440 e. The number of rotatable bonds is 5. The summed E-state index contributed by atoms with van der Waals surface area (Å²) in [5, 5.41) is 3.29. The lowest BCUT2D eigenvalue weighted by atomic mass is 10.1. The molecule has 24 heavy (non-hydrogen) atoms. The zero-order valence-corrected chi connectivity index (χ0v) is 15.6. The van der Waals surface area contributed by atoms with Crippen molar-refractivity contribution in [2.24, 2.45) is 0 Å². The molecule has 0 bridgehead atoms. The van der Waals surface area contributed by atoms with E-state index in [1.54, 1.807) is 0 Å². The molecule has 1 atom stereocenters. The molecular weight excluding hydrogens is 370 g/mol. The lowest BCUT2D eigenvalue weighted by molar-refractivity contribution is -0.131. The van der Waals surface area contributed by atoms with E-state index in [0.29, 0.717) is 24.8 Å². The van der Waals surface area contributed by atoms with Crippen LogP contribution in [-0.4, -0.2) is 42.0 Å². The number of carbonyl (C=O) groups excluding carboxylic acids is 1. The third kappa shape index (κ3) is 3.87. The standard InChI is InChI=1S/C18H22BrN3O2/c1-12-18(13-3-5-14(19)6-4-13)24-16(21-12)7-8-17(23)22(2)15-9-10-20-11-15/h3-6,15,20H,7-11H2,1-2H3/t15-/m0/s1. The smallest absolute Gasteiger partial charge is 0.223 e. The minimum absolute atomic E-state index is 0.143. The number of hydrogen-bond acceptors (Lipinski definition) is 4. The summed E-state index contributed by atoms with van der Waals surface area (Å²) in [5.74, 6) is 1.54. The summed E-state index contributed by atoms with van der Waals surface area (Å²) < 4.78 is 6.91. The summed E-state index contributed by atoms with van der Waals surface area (Å²) in [6.07, 6.45) is 1.97. The Labute approximate surface area is 150 Å². The summed E-state index contributed by atoms with van der Waals surface area (Å²) in [6, 6.07) is 8.25. The monoisotopic (exact) mass is 391 g/mol. The molecule has 1 aromatic heterocycles. The molecule has 1 amide bonds. The van der Waals surface area contributed by atoms with Crippen LogP contribution in [0.15, 0.2) is 33.2 Å². The van der Waals surface area contributed by atoms with Crippen LogP contribution in [0.1, 0.15) is 24.4 Å². The molecule has 1 aliphatic rings. The van der Waals surface area contributed by atoms with Crippen molar-refractivity contribution in [3.63, 3.8) is 0 Å². The van der Waals surface area contributed by atoms with Crippen LogP contribution in [0.25, 0.3) is 11.3 Å². The van der Waals surface area contributed by atoms with Crippen molar-refractivity contribution < 1.29 is 9.21 Å². The van der Waals surface area contributed by atoms with E-state index in [0.717, 1.165) is 41.0 Å². The van der Waals surface area contributed by atoms with Crippen LogP contribution in [-0.2, 0) is 11.2 Å². The number of halogens is 1. The highest BCUT2D eigenvalue weighted by molar-refractivity contribution is 9.10. The lowest BCUT2D eigenvalue weighted by Gasteiger charge is -2.23. The number of carbonyl (C=O) groups is 1. The first kappa shape index (κ1) is 17.2. The van der Waals surface area contributed by atoms with Gasteiger partial charge in [-0.15, -0.1) is 0 Å². The topological polar surface area (TPSA) is 58.4 Å². The number of aryl methyl sites for hydroxylation is 2. The predicted octanol–water partition coefficient (Wildman–Crippen LogP) is 3.17. The highest BCUT2D eigenvalue weighted by atomic mass is 79.9. The van der Waals surface area contributed by atoms with Crippen LogP contribution in [0.2, 0.25) is 0 Å². The van der Waals surface area contributed by atoms with Crippen molar-refractivity contribution in [1.29, 1.82) is 0 Å². The van der Waals surface area contributed by atoms with Crippen molar-refractivity contribution in [2.45, 2.75) is 32.2 Å². The van der Waals surface area contributed by atoms with E-state index in [-0.39, 0.29) is 5.91 Å². The highest BCUT2D eigenvalue weighted by Gasteiger charge is 2.23. The molecule has 0 aliphatic carbocycles. The van der Waals surface area contributed by atoms with Crippen LogP contribution in [0.4, 0.5) is 0 Å². The van der Waals surface area contributed by atoms with Gasteiger partial charge in [0.2, 0.25) is 5.91 Å². The Balaban J connectivity index is 1.62. The van der Waals surface area contributed by atoms with Crippen LogP contribution in [0.5, 0.6) is 0 Å². The van der Waals surface area contributed by atoms with Gasteiger partial charge in [0.1, 0.15) is 0 Å². The minimum atomic E-state index is 0.143. The predicted molar refractivity (Wildman–Crippen MR) is 96.7 cm³/mol. The Bertz CT molecular complexity index is 706. The summed E-state index contributed by atoms with van der Waals surface area (Å²) in [5.41, 5.74) is 1.85. The Morgan fingerprint density at radius 2 is 2.17 bits per heavy atom. The van der Waals surface area contributed by atoms with Gasteiger partial charge in [-0.1, -0.05) is 28.1 Å². The van der Waals surface area contributed by atoms with Crippen molar-refractivity contribution in [2.75, 3.05) is 20.1 Å². The maximum absolute atomic E-state index is 12.3. The van der Waals surface area contributed by atoms with Crippen molar-refractivity contribution in [3.8, 4) is 11.3 Å². The van der Waals surface area contributed by atoms with Gasteiger partial charge in [-0.05, 0) is 32.0 Å². The van der Waals surface area contributed by atoms with E-state index in [1.165, 1.54) is 0 Å². The number of amides is 1. The molecule has 2 aromatic rings. The van der Waals surface area contributed by atoms with Crippen LogP contribution in [0.3, 0.4) is 0 Å². The third-order valence-corrected chi connectivity index (χ3v) is 5.00. The van der Waals surface area contributed by atoms with Gasteiger partial charge in [-0.25, -0.2) is 4.98 Å². The first-order valence-corrected chi connectivity index (χ1v) is 9.02. The molecule has 1 N–H and O–H groups in total. The Morgan fingerprint density at radius 3 is 2.83 bits per heavy atom. The van der Waals surface area contributed by atoms with Crippen molar-refractivity contribution in [3.05, 3.63) is 40.3 Å². The zero-order valence-electron chi connectivity index (χ0n) is 14.0. The van der Waals surface area contributed by atoms with Gasteiger partial charge in [0, 0.05) is 42.5 Å². The van der Waals surface area contributed by atoms with E-state index in [2.05, 4.69) is 26.2 Å². The first-order chi connectivity index (χ1) is 11.5. The highest BCUT2D eigenvalue weighted by Crippen LogP contribution is 2.26. The van der Waals surface area contributed by atoms with Gasteiger partial charge < -0.3 is 14.6 Å². The quantitative estimate of drug-likeness (QED) is 0.850. The Kier molecular flexibility index (Phi) is 5.36. The summed E-state index contributed by atoms with van der Waals surface area (Å²) in [7, 11) is 1.88. The second kappa shape index (κ2) is 7.49. The number of benzene rings is 1. The zero-order chi connectivity index (χ0) is 17.1. The van der Waals surface area contributed by atoms with E-state index in [4.69, 9.17) is 4.42 Å². The van der Waals surface area contributed by atoms with E-state index in [1.807, 2.05) is 43.1 Å². The van der Waals surface area contributed by atoms with Gasteiger partial charge >= 0.3 is 0 Å². The van der Waals surface area contributed by atoms with E-state index in [9.17, 15) is 4.79 Å². The van der Waals surface area contributed by atoms with E-state index < -0.39 is 0 Å². The number of aromatic nitrogens is 1.